The van der Waals surface area contributed by atoms with Gasteiger partial charge in [-0.05, 0) is 24.6 Å². The van der Waals surface area contributed by atoms with Gasteiger partial charge < -0.3 is 19.2 Å². The van der Waals surface area contributed by atoms with Crippen molar-refractivity contribution in [1.29, 1.82) is 0 Å². The van der Waals surface area contributed by atoms with E-state index in [1.54, 1.807) is 0 Å². The van der Waals surface area contributed by atoms with Crippen molar-refractivity contribution in [3.63, 3.8) is 0 Å². The monoisotopic (exact) mass is 296 g/mol. The highest BCUT2D eigenvalue weighted by Crippen LogP contribution is 2.35. The van der Waals surface area contributed by atoms with Crippen molar-refractivity contribution in [2.75, 3.05) is 13.4 Å². The summed E-state index contributed by atoms with van der Waals surface area (Å²) in [6.07, 6.45) is 0.744. The molecule has 0 radical (unpaired) electrons. The van der Waals surface area contributed by atoms with Gasteiger partial charge in [0.05, 0.1) is 17.6 Å². The molecule has 112 valence electrons. The molecule has 0 unspecified atom stereocenters. The Balaban J connectivity index is 1.58. The molecule has 0 fully saturated rings. The fourth-order valence-electron chi connectivity index (χ4n) is 2.60. The Morgan fingerprint density at radius 2 is 1.91 bits per heavy atom. The molecule has 0 saturated heterocycles. The van der Waals surface area contributed by atoms with Crippen LogP contribution in [0.2, 0.25) is 0 Å². The van der Waals surface area contributed by atoms with Gasteiger partial charge in [0.1, 0.15) is 11.6 Å². The Hall–Kier alpha value is -2.69. The first-order valence-corrected chi connectivity index (χ1v) is 7.32. The van der Waals surface area contributed by atoms with Crippen molar-refractivity contribution >= 4 is 11.0 Å². The summed E-state index contributed by atoms with van der Waals surface area (Å²) >= 11 is 0. The number of fused-ring (bicyclic) bond motifs is 2. The van der Waals surface area contributed by atoms with Crippen LogP contribution in [0.25, 0.3) is 11.0 Å². The lowest BCUT2D eigenvalue weighted by molar-refractivity contribution is 0.174. The minimum absolute atomic E-state index is 0.279. The third kappa shape index (κ3) is 2.35. The van der Waals surface area contributed by atoms with E-state index in [9.17, 15) is 0 Å². The molecular weight excluding hydrogens is 280 g/mol. The summed E-state index contributed by atoms with van der Waals surface area (Å²) in [6.45, 7) is 2.94. The van der Waals surface area contributed by atoms with E-state index < -0.39 is 0 Å². The van der Waals surface area contributed by atoms with Crippen molar-refractivity contribution in [3.05, 3.63) is 47.8 Å². The third-order valence-electron chi connectivity index (χ3n) is 3.63. The second-order valence-corrected chi connectivity index (χ2v) is 5.16. The first kappa shape index (κ1) is 13.0. The molecule has 3 aromatic rings. The van der Waals surface area contributed by atoms with Crippen LogP contribution in [0.4, 0.5) is 0 Å². The molecule has 1 N–H and O–H groups in total. The van der Waals surface area contributed by atoms with Gasteiger partial charge >= 0.3 is 0 Å². The van der Waals surface area contributed by atoms with Crippen LogP contribution in [-0.2, 0) is 6.42 Å². The maximum atomic E-state index is 5.45. The predicted octanol–water partition coefficient (Wildman–Crippen LogP) is 3.28. The Morgan fingerprint density at radius 1 is 1.14 bits per heavy atom. The highest BCUT2D eigenvalue weighted by molar-refractivity contribution is 5.80. The van der Waals surface area contributed by atoms with Crippen molar-refractivity contribution in [3.8, 4) is 17.2 Å². The van der Waals surface area contributed by atoms with E-state index in [0.29, 0.717) is 6.61 Å². The molecular formula is C17H16N2O3. The molecule has 2 aromatic carbocycles. The summed E-state index contributed by atoms with van der Waals surface area (Å²) < 4.78 is 16.2. The molecule has 22 heavy (non-hydrogen) atoms. The van der Waals surface area contributed by atoms with Crippen LogP contribution >= 0.6 is 0 Å². The van der Waals surface area contributed by atoms with Gasteiger partial charge in [-0.15, -0.1) is 0 Å². The zero-order chi connectivity index (χ0) is 14.9. The van der Waals surface area contributed by atoms with Gasteiger partial charge in [-0.1, -0.05) is 12.1 Å². The number of nitrogens with zero attached hydrogens (tertiary/aromatic N) is 1. The summed E-state index contributed by atoms with van der Waals surface area (Å²) in [5.74, 6) is 3.33. The first-order chi connectivity index (χ1) is 10.8. The maximum absolute atomic E-state index is 5.45. The lowest BCUT2D eigenvalue weighted by atomic mass is 10.1. The maximum Gasteiger partial charge on any atom is 0.231 e. The van der Waals surface area contributed by atoms with E-state index in [2.05, 4.69) is 22.1 Å². The number of ether oxygens (including phenoxy) is 3. The zero-order valence-corrected chi connectivity index (χ0v) is 12.3. The number of H-pyrrole nitrogens is 1. The molecule has 4 rings (SSSR count). The number of nitrogens with one attached hydrogen (secondary N) is 1. The second kappa shape index (κ2) is 5.26. The van der Waals surface area contributed by atoms with Gasteiger partial charge in [0.15, 0.2) is 11.5 Å². The van der Waals surface area contributed by atoms with E-state index in [4.69, 9.17) is 14.2 Å². The summed E-state index contributed by atoms with van der Waals surface area (Å²) in [4.78, 5) is 7.96. The smallest absolute Gasteiger partial charge is 0.231 e. The molecule has 0 saturated carbocycles. The van der Waals surface area contributed by atoms with E-state index in [-0.39, 0.29) is 6.79 Å². The van der Waals surface area contributed by atoms with Crippen LogP contribution in [-0.4, -0.2) is 23.4 Å². The highest BCUT2D eigenvalue weighted by Gasteiger charge is 2.16. The molecule has 2 heterocycles. The van der Waals surface area contributed by atoms with Gasteiger partial charge in [-0.2, -0.15) is 0 Å². The largest absolute Gasteiger partial charge is 0.494 e. The molecule has 0 spiro atoms. The molecule has 1 aliphatic rings. The van der Waals surface area contributed by atoms with E-state index >= 15 is 0 Å². The van der Waals surface area contributed by atoms with E-state index in [0.717, 1.165) is 40.5 Å². The minimum atomic E-state index is 0.279. The molecule has 0 bridgehead atoms. The van der Waals surface area contributed by atoms with Gasteiger partial charge in [-0.25, -0.2) is 4.98 Å². The van der Waals surface area contributed by atoms with Crippen LogP contribution in [0, 0.1) is 0 Å². The van der Waals surface area contributed by atoms with Crippen LogP contribution < -0.4 is 14.2 Å². The summed E-state index contributed by atoms with van der Waals surface area (Å²) in [6, 6.07) is 11.9. The molecule has 0 amide bonds. The van der Waals surface area contributed by atoms with Gasteiger partial charge in [0.2, 0.25) is 6.79 Å². The fraction of sp³-hybridized carbons (Fsp3) is 0.235. The van der Waals surface area contributed by atoms with Crippen LogP contribution in [0.3, 0.4) is 0 Å². The van der Waals surface area contributed by atoms with Crippen molar-refractivity contribution in [2.24, 2.45) is 0 Å². The lowest BCUT2D eigenvalue weighted by Gasteiger charge is -2.03. The quantitative estimate of drug-likeness (QED) is 0.802. The topological polar surface area (TPSA) is 56.4 Å². The second-order valence-electron chi connectivity index (χ2n) is 5.16. The van der Waals surface area contributed by atoms with Crippen molar-refractivity contribution in [2.45, 2.75) is 13.3 Å². The van der Waals surface area contributed by atoms with E-state index in [1.165, 1.54) is 5.56 Å². The number of hydrogen-bond donors (Lipinski definition) is 1. The SMILES string of the molecule is CCOc1ccc(Cc2nc3cc4c(cc3[nH]2)OCO4)cc1. The minimum Gasteiger partial charge on any atom is -0.494 e. The lowest BCUT2D eigenvalue weighted by Crippen LogP contribution is -1.93. The van der Waals surface area contributed by atoms with Crippen LogP contribution in [0.1, 0.15) is 18.3 Å². The molecule has 1 aliphatic heterocycles. The third-order valence-corrected chi connectivity index (χ3v) is 3.63. The first-order valence-electron chi connectivity index (χ1n) is 7.32. The van der Waals surface area contributed by atoms with Gasteiger partial charge in [-0.3, -0.25) is 0 Å². The number of aromatic amines is 1. The molecule has 1 aromatic heterocycles. The Bertz CT molecular complexity index is 768. The predicted molar refractivity (Wildman–Crippen MR) is 82.6 cm³/mol. The van der Waals surface area contributed by atoms with Crippen LogP contribution in [0.15, 0.2) is 36.4 Å². The fourth-order valence-corrected chi connectivity index (χ4v) is 2.60. The molecule has 0 atom stereocenters. The van der Waals surface area contributed by atoms with Crippen molar-refractivity contribution < 1.29 is 14.2 Å². The average Bonchev–Trinajstić information content (AvgIpc) is 3.12. The number of hydrogen-bond acceptors (Lipinski definition) is 4. The number of rotatable bonds is 4. The summed E-state index contributed by atoms with van der Waals surface area (Å²) in [7, 11) is 0. The average molecular weight is 296 g/mol. The summed E-state index contributed by atoms with van der Waals surface area (Å²) in [5, 5.41) is 0. The normalized spacial score (nSPS) is 12.8. The Morgan fingerprint density at radius 3 is 2.68 bits per heavy atom. The zero-order valence-electron chi connectivity index (χ0n) is 12.3. The standard InChI is InChI=1S/C17H16N2O3/c1-2-20-12-5-3-11(4-6-12)7-17-18-13-8-15-16(22-10-21-15)9-14(13)19-17/h3-6,8-9H,2,7,10H2,1H3,(H,18,19). The van der Waals surface area contributed by atoms with Crippen LogP contribution in [0.5, 0.6) is 17.2 Å². The Labute approximate surface area is 127 Å². The molecule has 0 aliphatic carbocycles. The van der Waals surface area contributed by atoms with E-state index in [1.807, 2.05) is 31.2 Å². The number of imidazole rings is 1. The van der Waals surface area contributed by atoms with Gasteiger partial charge in [0.25, 0.3) is 0 Å². The summed E-state index contributed by atoms with van der Waals surface area (Å²) in [5.41, 5.74) is 3.04. The number of benzene rings is 2. The molecule has 5 heteroatoms. The van der Waals surface area contributed by atoms with Crippen molar-refractivity contribution in [1.82, 2.24) is 9.97 Å². The Kier molecular flexibility index (Phi) is 3.11. The highest BCUT2D eigenvalue weighted by atomic mass is 16.7. The number of aromatic nitrogens is 2. The van der Waals surface area contributed by atoms with Gasteiger partial charge in [0, 0.05) is 18.6 Å². The molecule has 5 nitrogen and oxygen atoms in total.